The lowest BCUT2D eigenvalue weighted by molar-refractivity contribution is -0.384. The van der Waals surface area contributed by atoms with Crippen molar-refractivity contribution in [3.63, 3.8) is 0 Å². The summed E-state index contributed by atoms with van der Waals surface area (Å²) in [7, 11) is 1.46. The minimum absolute atomic E-state index is 0.0656. The van der Waals surface area contributed by atoms with Crippen LogP contribution in [0.5, 0.6) is 5.75 Å². The topological polar surface area (TPSA) is 84.7 Å². The van der Waals surface area contributed by atoms with E-state index in [4.69, 9.17) is 4.74 Å². The van der Waals surface area contributed by atoms with Gasteiger partial charge in [-0.3, -0.25) is 15.0 Å². The van der Waals surface area contributed by atoms with E-state index < -0.39 is 4.92 Å². The van der Waals surface area contributed by atoms with Crippen LogP contribution in [0.1, 0.15) is 6.42 Å². The van der Waals surface area contributed by atoms with E-state index in [1.54, 1.807) is 0 Å². The molecule has 0 atom stereocenters. The molecule has 0 unspecified atom stereocenters. The molecule has 0 saturated carbocycles. The molecule has 0 aromatic heterocycles. The highest BCUT2D eigenvalue weighted by molar-refractivity contribution is 5.94. The van der Waals surface area contributed by atoms with Crippen molar-refractivity contribution < 1.29 is 14.5 Å². The third-order valence-electron chi connectivity index (χ3n) is 2.74. The van der Waals surface area contributed by atoms with Gasteiger partial charge in [0.1, 0.15) is 5.75 Å². The van der Waals surface area contributed by atoms with Crippen LogP contribution in [0.2, 0.25) is 0 Å². The number of nitro benzene ring substituents is 1. The van der Waals surface area contributed by atoms with E-state index in [0.717, 1.165) is 6.42 Å². The maximum Gasteiger partial charge on any atom is 0.322 e. The molecular formula is C11H13N3O4. The maximum absolute atomic E-state index is 11.7. The fourth-order valence-corrected chi connectivity index (χ4v) is 1.86. The van der Waals surface area contributed by atoms with E-state index in [0.29, 0.717) is 24.5 Å². The van der Waals surface area contributed by atoms with Crippen LogP contribution in [0.4, 0.5) is 16.2 Å². The van der Waals surface area contributed by atoms with E-state index in [9.17, 15) is 14.9 Å². The fourth-order valence-electron chi connectivity index (χ4n) is 1.86. The third kappa shape index (κ3) is 2.20. The predicted octanol–water partition coefficient (Wildman–Crippen LogP) is 1.52. The summed E-state index contributed by atoms with van der Waals surface area (Å²) in [6.45, 7) is 1.13. The lowest BCUT2D eigenvalue weighted by atomic mass is 10.2. The van der Waals surface area contributed by atoms with Crippen LogP contribution in [0.15, 0.2) is 18.2 Å². The number of nitrogens with one attached hydrogen (secondary N) is 1. The number of nitro groups is 1. The number of carbonyl (C=O) groups excluding carboxylic acids is 1. The van der Waals surface area contributed by atoms with Crippen LogP contribution in [-0.4, -0.2) is 31.2 Å². The van der Waals surface area contributed by atoms with Crippen LogP contribution in [0.25, 0.3) is 0 Å². The van der Waals surface area contributed by atoms with Gasteiger partial charge >= 0.3 is 6.03 Å². The molecular weight excluding hydrogens is 238 g/mol. The van der Waals surface area contributed by atoms with E-state index in [1.165, 1.54) is 30.2 Å². The molecule has 1 aromatic rings. The normalized spacial score (nSPS) is 15.2. The van der Waals surface area contributed by atoms with Gasteiger partial charge in [-0.1, -0.05) is 0 Å². The van der Waals surface area contributed by atoms with Crippen molar-refractivity contribution in [2.75, 3.05) is 25.1 Å². The van der Waals surface area contributed by atoms with Gasteiger partial charge < -0.3 is 10.1 Å². The average Bonchev–Trinajstić information content (AvgIpc) is 2.38. The van der Waals surface area contributed by atoms with Crippen molar-refractivity contribution in [3.05, 3.63) is 28.3 Å². The third-order valence-corrected chi connectivity index (χ3v) is 2.74. The van der Waals surface area contributed by atoms with Gasteiger partial charge in [-0.15, -0.1) is 0 Å². The van der Waals surface area contributed by atoms with Crippen LogP contribution in [0, 0.1) is 10.1 Å². The highest BCUT2D eigenvalue weighted by Crippen LogP contribution is 2.32. The van der Waals surface area contributed by atoms with Gasteiger partial charge in [0, 0.05) is 25.2 Å². The Kier molecular flexibility index (Phi) is 3.31. The summed E-state index contributed by atoms with van der Waals surface area (Å²) in [6.07, 6.45) is 0.789. The minimum atomic E-state index is -0.495. The first kappa shape index (κ1) is 12.2. The zero-order chi connectivity index (χ0) is 13.1. The van der Waals surface area contributed by atoms with Gasteiger partial charge in [-0.05, 0) is 12.5 Å². The van der Waals surface area contributed by atoms with Crippen molar-refractivity contribution >= 4 is 17.4 Å². The molecule has 1 aromatic carbocycles. The summed E-state index contributed by atoms with van der Waals surface area (Å²) in [5, 5.41) is 13.5. The van der Waals surface area contributed by atoms with Crippen LogP contribution < -0.4 is 15.0 Å². The number of anilines is 1. The molecule has 18 heavy (non-hydrogen) atoms. The quantitative estimate of drug-likeness (QED) is 0.652. The molecule has 0 spiro atoms. The Morgan fingerprint density at radius 2 is 2.28 bits per heavy atom. The summed E-state index contributed by atoms with van der Waals surface area (Å²) in [5.74, 6) is 0.442. The van der Waals surface area contributed by atoms with Crippen LogP contribution in [0.3, 0.4) is 0 Å². The number of urea groups is 1. The Balaban J connectivity index is 2.42. The van der Waals surface area contributed by atoms with Crippen molar-refractivity contribution in [2.45, 2.75) is 6.42 Å². The molecule has 96 valence electrons. The first-order valence-electron chi connectivity index (χ1n) is 5.51. The Morgan fingerprint density at radius 3 is 2.89 bits per heavy atom. The van der Waals surface area contributed by atoms with Gasteiger partial charge in [0.15, 0.2) is 0 Å². The van der Waals surface area contributed by atoms with Crippen molar-refractivity contribution in [3.8, 4) is 5.75 Å². The Labute approximate surface area is 103 Å². The highest BCUT2D eigenvalue weighted by Gasteiger charge is 2.24. The standard InChI is InChI=1S/C11H13N3O4/c1-18-10-4-3-8(14(16)17)7-9(10)13-6-2-5-12-11(13)15/h3-4,7H,2,5-6H2,1H3,(H,12,15). The number of carbonyl (C=O) groups is 1. The molecule has 1 aliphatic rings. The molecule has 1 N–H and O–H groups in total. The number of non-ortho nitro benzene ring substituents is 1. The monoisotopic (exact) mass is 251 g/mol. The minimum Gasteiger partial charge on any atom is -0.495 e. The predicted molar refractivity (Wildman–Crippen MR) is 65.0 cm³/mol. The number of amides is 2. The SMILES string of the molecule is COc1ccc([N+](=O)[O-])cc1N1CCCNC1=O. The lowest BCUT2D eigenvalue weighted by Gasteiger charge is -2.28. The van der Waals surface area contributed by atoms with E-state index in [1.807, 2.05) is 0 Å². The molecule has 2 amide bonds. The van der Waals surface area contributed by atoms with E-state index in [2.05, 4.69) is 5.32 Å². The largest absolute Gasteiger partial charge is 0.495 e. The first-order valence-corrected chi connectivity index (χ1v) is 5.51. The number of hydrogen-bond acceptors (Lipinski definition) is 4. The molecule has 2 rings (SSSR count). The molecule has 1 saturated heterocycles. The Morgan fingerprint density at radius 1 is 1.50 bits per heavy atom. The zero-order valence-corrected chi connectivity index (χ0v) is 9.88. The highest BCUT2D eigenvalue weighted by atomic mass is 16.6. The van der Waals surface area contributed by atoms with Gasteiger partial charge in [0.25, 0.3) is 5.69 Å². The van der Waals surface area contributed by atoms with Crippen molar-refractivity contribution in [1.82, 2.24) is 5.32 Å². The molecule has 0 radical (unpaired) electrons. The molecule has 7 nitrogen and oxygen atoms in total. The lowest BCUT2D eigenvalue weighted by Crippen LogP contribution is -2.46. The second kappa shape index (κ2) is 4.91. The van der Waals surface area contributed by atoms with Gasteiger partial charge in [0.2, 0.25) is 0 Å². The van der Waals surface area contributed by atoms with Crippen LogP contribution in [-0.2, 0) is 0 Å². The zero-order valence-electron chi connectivity index (χ0n) is 9.88. The fraction of sp³-hybridized carbons (Fsp3) is 0.364. The first-order chi connectivity index (χ1) is 8.63. The maximum atomic E-state index is 11.7. The summed E-state index contributed by atoms with van der Waals surface area (Å²) in [5.41, 5.74) is 0.355. The number of rotatable bonds is 3. The second-order valence-corrected chi connectivity index (χ2v) is 3.85. The van der Waals surface area contributed by atoms with E-state index in [-0.39, 0.29) is 11.7 Å². The molecule has 7 heteroatoms. The van der Waals surface area contributed by atoms with Gasteiger partial charge in [0.05, 0.1) is 17.7 Å². The smallest absolute Gasteiger partial charge is 0.322 e. The Bertz CT molecular complexity index is 489. The summed E-state index contributed by atoms with van der Waals surface area (Å²) >= 11 is 0. The number of benzene rings is 1. The molecule has 0 aliphatic carbocycles. The summed E-state index contributed by atoms with van der Waals surface area (Å²) < 4.78 is 5.14. The van der Waals surface area contributed by atoms with Crippen molar-refractivity contribution in [2.24, 2.45) is 0 Å². The average molecular weight is 251 g/mol. The Hall–Kier alpha value is -2.31. The number of ether oxygens (including phenoxy) is 1. The number of hydrogen-bond donors (Lipinski definition) is 1. The summed E-state index contributed by atoms with van der Waals surface area (Å²) in [6, 6.07) is 3.93. The van der Waals surface area contributed by atoms with Crippen molar-refractivity contribution in [1.29, 1.82) is 0 Å². The van der Waals surface area contributed by atoms with E-state index >= 15 is 0 Å². The molecule has 0 bridgehead atoms. The molecule has 1 fully saturated rings. The number of methoxy groups -OCH3 is 1. The van der Waals surface area contributed by atoms with Crippen LogP contribution >= 0.6 is 0 Å². The molecule has 1 heterocycles. The molecule has 1 aliphatic heterocycles. The van der Waals surface area contributed by atoms with Gasteiger partial charge in [-0.25, -0.2) is 4.79 Å². The summed E-state index contributed by atoms with van der Waals surface area (Å²) in [4.78, 5) is 23.5. The van der Waals surface area contributed by atoms with Gasteiger partial charge in [-0.2, -0.15) is 0 Å². The second-order valence-electron chi connectivity index (χ2n) is 3.85. The number of nitrogens with zero attached hydrogens (tertiary/aromatic N) is 2.